The lowest BCUT2D eigenvalue weighted by Crippen LogP contribution is -2.41. The van der Waals surface area contributed by atoms with Crippen LogP contribution >= 0.6 is 23.4 Å². The van der Waals surface area contributed by atoms with E-state index in [0.29, 0.717) is 35.2 Å². The molecular weight excluding hydrogens is 470 g/mol. The highest BCUT2D eigenvalue weighted by molar-refractivity contribution is 7.99. The van der Waals surface area contributed by atoms with Gasteiger partial charge in [0.1, 0.15) is 6.54 Å². The van der Waals surface area contributed by atoms with Crippen LogP contribution in [0.15, 0.2) is 52.3 Å². The molecule has 1 saturated heterocycles. The van der Waals surface area contributed by atoms with Gasteiger partial charge in [-0.05, 0) is 49.2 Å². The summed E-state index contributed by atoms with van der Waals surface area (Å²) in [7, 11) is -3.65. The van der Waals surface area contributed by atoms with E-state index >= 15 is 0 Å². The number of nitrogens with one attached hydrogen (secondary N) is 1. The highest BCUT2D eigenvalue weighted by Gasteiger charge is 2.33. The van der Waals surface area contributed by atoms with Gasteiger partial charge >= 0.3 is 0 Å². The molecule has 1 fully saturated rings. The van der Waals surface area contributed by atoms with E-state index < -0.39 is 15.9 Å². The third-order valence-corrected chi connectivity index (χ3v) is 8.96. The number of rotatable bonds is 5. The van der Waals surface area contributed by atoms with Crippen molar-refractivity contribution in [3.05, 3.63) is 47.5 Å². The number of thioether (sulfide) groups is 1. The molecule has 0 spiro atoms. The first-order valence-electron chi connectivity index (χ1n) is 10.4. The lowest BCUT2D eigenvalue weighted by molar-refractivity contribution is -0.123. The third kappa shape index (κ3) is 4.80. The number of halogens is 1. The van der Waals surface area contributed by atoms with Gasteiger partial charge in [-0.2, -0.15) is 4.31 Å². The summed E-state index contributed by atoms with van der Waals surface area (Å²) in [4.78, 5) is 28.2. The number of sulfonamides is 1. The number of hydrogen-bond donors (Lipinski definition) is 1. The standard InChI is InChI=1S/C22H24ClN3O4S2/c1-15-14-31-20-8-7-18(32(29,30)25-9-2-3-10-25)12-19(20)26(22(15)28)13-21(27)24-17-6-4-5-16(23)11-17/h4-8,11-12,15H,2-3,9-10,13-14H2,1H3,(H,24,27)/t15-/m1/s1. The second-order valence-corrected chi connectivity index (χ2v) is 11.4. The SMILES string of the molecule is C[C@@H]1CSc2ccc(S(=O)(=O)N3CCCC3)cc2N(CC(=O)Nc2cccc(Cl)c2)C1=O. The van der Waals surface area contributed by atoms with Crippen LogP contribution in [0.1, 0.15) is 19.8 Å². The van der Waals surface area contributed by atoms with Crippen molar-refractivity contribution in [1.82, 2.24) is 4.31 Å². The van der Waals surface area contributed by atoms with E-state index in [4.69, 9.17) is 11.6 Å². The van der Waals surface area contributed by atoms with Crippen LogP contribution in [0.2, 0.25) is 5.02 Å². The van der Waals surface area contributed by atoms with Crippen LogP contribution in [0.4, 0.5) is 11.4 Å². The lowest BCUT2D eigenvalue weighted by Gasteiger charge is -2.25. The minimum absolute atomic E-state index is 0.140. The molecule has 2 amide bonds. The summed E-state index contributed by atoms with van der Waals surface area (Å²) in [6, 6.07) is 11.6. The summed E-state index contributed by atoms with van der Waals surface area (Å²) in [5.41, 5.74) is 0.976. The van der Waals surface area contributed by atoms with E-state index in [2.05, 4.69) is 5.32 Å². The Hall–Kier alpha value is -2.07. The molecular formula is C22H24ClN3O4S2. The maximum Gasteiger partial charge on any atom is 0.244 e. The zero-order valence-corrected chi connectivity index (χ0v) is 20.0. The number of benzene rings is 2. The fourth-order valence-corrected chi connectivity index (χ4v) is 6.59. The predicted molar refractivity (Wildman–Crippen MR) is 127 cm³/mol. The Morgan fingerprint density at radius 1 is 1.19 bits per heavy atom. The molecule has 2 aromatic rings. The molecule has 2 aliphatic heterocycles. The van der Waals surface area contributed by atoms with Gasteiger partial charge in [-0.3, -0.25) is 9.59 Å². The molecule has 0 bridgehead atoms. The Bertz CT molecular complexity index is 1150. The van der Waals surface area contributed by atoms with Gasteiger partial charge in [0.15, 0.2) is 0 Å². The first kappa shape index (κ1) is 23.1. The number of amides is 2. The molecule has 32 heavy (non-hydrogen) atoms. The molecule has 4 rings (SSSR count). The number of fused-ring (bicyclic) bond motifs is 1. The molecule has 10 heteroatoms. The Kier molecular flexibility index (Phi) is 6.80. The van der Waals surface area contributed by atoms with Crippen molar-refractivity contribution < 1.29 is 18.0 Å². The van der Waals surface area contributed by atoms with Crippen LogP contribution in [-0.4, -0.2) is 49.9 Å². The van der Waals surface area contributed by atoms with Crippen LogP contribution < -0.4 is 10.2 Å². The van der Waals surface area contributed by atoms with Crippen molar-refractivity contribution in [1.29, 1.82) is 0 Å². The van der Waals surface area contributed by atoms with Crippen LogP contribution in [0.25, 0.3) is 0 Å². The maximum absolute atomic E-state index is 13.1. The number of anilines is 2. The average molecular weight is 494 g/mol. The summed E-state index contributed by atoms with van der Waals surface area (Å²) < 4.78 is 27.6. The summed E-state index contributed by atoms with van der Waals surface area (Å²) in [6.07, 6.45) is 1.68. The zero-order valence-electron chi connectivity index (χ0n) is 17.6. The van der Waals surface area contributed by atoms with Crippen LogP contribution in [0.3, 0.4) is 0 Å². The molecule has 2 heterocycles. The molecule has 0 radical (unpaired) electrons. The molecule has 7 nitrogen and oxygen atoms in total. The molecule has 0 aromatic heterocycles. The second-order valence-electron chi connectivity index (χ2n) is 7.94. The van der Waals surface area contributed by atoms with E-state index in [-0.39, 0.29) is 23.3 Å². The molecule has 0 aliphatic carbocycles. The van der Waals surface area contributed by atoms with Crippen molar-refractivity contribution in [3.8, 4) is 0 Å². The second kappa shape index (κ2) is 9.43. The first-order valence-corrected chi connectivity index (χ1v) is 13.2. The van der Waals surface area contributed by atoms with Gasteiger partial charge in [-0.25, -0.2) is 8.42 Å². The quantitative estimate of drug-likeness (QED) is 0.683. The molecule has 170 valence electrons. The molecule has 2 aliphatic rings. The number of nitrogens with zero attached hydrogens (tertiary/aromatic N) is 2. The molecule has 0 saturated carbocycles. The summed E-state index contributed by atoms with van der Waals surface area (Å²) in [5.74, 6) is -0.368. The van der Waals surface area contributed by atoms with E-state index in [1.54, 1.807) is 36.4 Å². The molecule has 1 N–H and O–H groups in total. The fraction of sp³-hybridized carbons (Fsp3) is 0.364. The van der Waals surface area contributed by atoms with Gasteiger partial charge in [0.25, 0.3) is 0 Å². The Balaban J connectivity index is 1.65. The van der Waals surface area contributed by atoms with Gasteiger partial charge in [-0.1, -0.05) is 24.6 Å². The smallest absolute Gasteiger partial charge is 0.244 e. The zero-order chi connectivity index (χ0) is 22.9. The predicted octanol–water partition coefficient (Wildman–Crippen LogP) is 3.84. The van der Waals surface area contributed by atoms with E-state index in [9.17, 15) is 18.0 Å². The van der Waals surface area contributed by atoms with Gasteiger partial charge in [0.05, 0.1) is 10.6 Å². The van der Waals surface area contributed by atoms with Gasteiger partial charge in [0, 0.05) is 40.4 Å². The maximum atomic E-state index is 13.1. The van der Waals surface area contributed by atoms with Crippen molar-refractivity contribution in [2.45, 2.75) is 29.6 Å². The Morgan fingerprint density at radius 2 is 1.94 bits per heavy atom. The summed E-state index contributed by atoms with van der Waals surface area (Å²) in [6.45, 7) is 2.58. The number of hydrogen-bond acceptors (Lipinski definition) is 5. The van der Waals surface area contributed by atoms with Crippen molar-refractivity contribution in [3.63, 3.8) is 0 Å². The normalized spacial score (nSPS) is 19.5. The van der Waals surface area contributed by atoms with Crippen molar-refractivity contribution in [2.24, 2.45) is 5.92 Å². The molecule has 1 atom stereocenters. The van der Waals surface area contributed by atoms with Gasteiger partial charge in [-0.15, -0.1) is 11.8 Å². The average Bonchev–Trinajstić information content (AvgIpc) is 3.28. The summed E-state index contributed by atoms with van der Waals surface area (Å²) >= 11 is 7.48. The third-order valence-electron chi connectivity index (χ3n) is 5.51. The highest BCUT2D eigenvalue weighted by atomic mass is 35.5. The number of carbonyl (C=O) groups is 2. The van der Waals surface area contributed by atoms with E-state index in [1.807, 2.05) is 6.92 Å². The monoisotopic (exact) mass is 493 g/mol. The Labute approximate surface area is 197 Å². The fourth-order valence-electron chi connectivity index (χ4n) is 3.81. The lowest BCUT2D eigenvalue weighted by atomic mass is 10.1. The minimum Gasteiger partial charge on any atom is -0.324 e. The van der Waals surface area contributed by atoms with Crippen LogP contribution in [0.5, 0.6) is 0 Å². The van der Waals surface area contributed by atoms with E-state index in [0.717, 1.165) is 17.7 Å². The summed E-state index contributed by atoms with van der Waals surface area (Å²) in [5, 5.41) is 3.24. The minimum atomic E-state index is -3.65. The van der Waals surface area contributed by atoms with Crippen LogP contribution in [0, 0.1) is 5.92 Å². The van der Waals surface area contributed by atoms with Gasteiger partial charge in [0.2, 0.25) is 21.8 Å². The topological polar surface area (TPSA) is 86.8 Å². The first-order chi connectivity index (χ1) is 15.3. The van der Waals surface area contributed by atoms with Crippen LogP contribution in [-0.2, 0) is 19.6 Å². The Morgan fingerprint density at radius 3 is 2.66 bits per heavy atom. The van der Waals surface area contributed by atoms with Crippen molar-refractivity contribution in [2.75, 3.05) is 35.6 Å². The highest BCUT2D eigenvalue weighted by Crippen LogP contribution is 2.38. The molecule has 0 unspecified atom stereocenters. The molecule has 2 aromatic carbocycles. The largest absolute Gasteiger partial charge is 0.324 e. The van der Waals surface area contributed by atoms with Crippen molar-refractivity contribution >= 4 is 56.6 Å². The van der Waals surface area contributed by atoms with Gasteiger partial charge < -0.3 is 10.2 Å². The van der Waals surface area contributed by atoms with E-state index in [1.165, 1.54) is 27.0 Å². The number of carbonyl (C=O) groups excluding carboxylic acids is 2.